The van der Waals surface area contributed by atoms with Gasteiger partial charge in [-0.15, -0.1) is 0 Å². The van der Waals surface area contributed by atoms with E-state index in [0.717, 1.165) is 5.56 Å². The molecule has 0 aliphatic heterocycles. The van der Waals surface area contributed by atoms with Gasteiger partial charge in [-0.2, -0.15) is 0 Å². The van der Waals surface area contributed by atoms with Crippen molar-refractivity contribution in [1.29, 1.82) is 0 Å². The van der Waals surface area contributed by atoms with Gasteiger partial charge in [0, 0.05) is 10.6 Å². The van der Waals surface area contributed by atoms with Gasteiger partial charge in [0.2, 0.25) is 0 Å². The van der Waals surface area contributed by atoms with Crippen LogP contribution >= 0.6 is 11.6 Å². The number of benzene rings is 1. The molecule has 0 unspecified atom stereocenters. The molecule has 0 radical (unpaired) electrons. The zero-order chi connectivity index (χ0) is 13.5. The van der Waals surface area contributed by atoms with Crippen LogP contribution in [0.3, 0.4) is 0 Å². The van der Waals surface area contributed by atoms with E-state index < -0.39 is 11.9 Å². The first-order valence-electron chi connectivity index (χ1n) is 5.18. The van der Waals surface area contributed by atoms with Gasteiger partial charge in [-0.1, -0.05) is 23.7 Å². The number of halogens is 1. The highest BCUT2D eigenvalue weighted by Gasteiger charge is 2.14. The Morgan fingerprint density at radius 1 is 1.17 bits per heavy atom. The molecule has 0 spiro atoms. The van der Waals surface area contributed by atoms with Crippen molar-refractivity contribution in [3.05, 3.63) is 40.4 Å². The molecule has 0 aromatic heterocycles. The third kappa shape index (κ3) is 4.22. The maximum absolute atomic E-state index is 11.5. The topological polar surface area (TPSA) is 52.6 Å². The van der Waals surface area contributed by atoms with E-state index in [0.29, 0.717) is 5.02 Å². The fourth-order valence-electron chi connectivity index (χ4n) is 1.30. The van der Waals surface area contributed by atoms with Gasteiger partial charge >= 0.3 is 11.9 Å². The van der Waals surface area contributed by atoms with Gasteiger partial charge in [0.05, 0.1) is 20.6 Å². The van der Waals surface area contributed by atoms with Crippen LogP contribution in [0.4, 0.5) is 0 Å². The highest BCUT2D eigenvalue weighted by molar-refractivity contribution is 6.30. The second-order valence-electron chi connectivity index (χ2n) is 3.47. The molecule has 0 atom stereocenters. The number of methoxy groups -OCH3 is 2. The van der Waals surface area contributed by atoms with Crippen molar-refractivity contribution in [1.82, 2.24) is 0 Å². The van der Waals surface area contributed by atoms with Crippen LogP contribution in [-0.4, -0.2) is 26.2 Å². The Morgan fingerprint density at radius 2 is 1.78 bits per heavy atom. The molecule has 1 aromatic rings. The lowest BCUT2D eigenvalue weighted by Crippen LogP contribution is -2.10. The fourth-order valence-corrected chi connectivity index (χ4v) is 1.43. The van der Waals surface area contributed by atoms with Crippen LogP contribution in [0.2, 0.25) is 5.02 Å². The van der Waals surface area contributed by atoms with Gasteiger partial charge in [-0.05, 0) is 23.8 Å². The van der Waals surface area contributed by atoms with Crippen LogP contribution in [0.5, 0.6) is 0 Å². The quantitative estimate of drug-likeness (QED) is 0.622. The Labute approximate surface area is 110 Å². The summed E-state index contributed by atoms with van der Waals surface area (Å²) < 4.78 is 9.14. The third-order valence-electron chi connectivity index (χ3n) is 2.22. The minimum atomic E-state index is -0.560. The van der Waals surface area contributed by atoms with Crippen LogP contribution < -0.4 is 0 Å². The highest BCUT2D eigenvalue weighted by Crippen LogP contribution is 2.15. The van der Waals surface area contributed by atoms with Gasteiger partial charge in [-0.25, -0.2) is 4.79 Å². The number of hydrogen-bond acceptors (Lipinski definition) is 4. The minimum absolute atomic E-state index is 0.133. The first kappa shape index (κ1) is 14.3. The lowest BCUT2D eigenvalue weighted by Gasteiger charge is -2.04. The number of carbonyl (C=O) groups is 2. The predicted molar refractivity (Wildman–Crippen MR) is 68.1 cm³/mol. The molecule has 0 bridgehead atoms. The summed E-state index contributed by atoms with van der Waals surface area (Å²) >= 11 is 5.76. The maximum Gasteiger partial charge on any atom is 0.334 e. The van der Waals surface area contributed by atoms with E-state index in [1.165, 1.54) is 14.2 Å². The van der Waals surface area contributed by atoms with Crippen LogP contribution in [0.25, 0.3) is 6.08 Å². The average Bonchev–Trinajstić information content (AvgIpc) is 2.39. The Morgan fingerprint density at radius 3 is 2.28 bits per heavy atom. The third-order valence-corrected chi connectivity index (χ3v) is 2.47. The average molecular weight is 269 g/mol. The molecule has 0 aliphatic rings. The predicted octanol–water partition coefficient (Wildman–Crippen LogP) is 2.46. The first-order chi connectivity index (χ1) is 8.56. The summed E-state index contributed by atoms with van der Waals surface area (Å²) in [5.41, 5.74) is 0.982. The molecule has 0 aliphatic carbocycles. The molecule has 0 N–H and O–H groups in total. The van der Waals surface area contributed by atoms with E-state index in [1.54, 1.807) is 30.3 Å². The summed E-state index contributed by atoms with van der Waals surface area (Å²) in [6, 6.07) is 6.87. The number of esters is 2. The molecule has 0 fully saturated rings. The van der Waals surface area contributed by atoms with E-state index in [4.69, 9.17) is 11.6 Å². The lowest BCUT2D eigenvalue weighted by molar-refractivity contribution is -0.143. The summed E-state index contributed by atoms with van der Waals surface area (Å²) in [5.74, 6) is -1.06. The van der Waals surface area contributed by atoms with Crippen molar-refractivity contribution in [2.45, 2.75) is 6.42 Å². The van der Waals surface area contributed by atoms with Crippen molar-refractivity contribution in [3.63, 3.8) is 0 Å². The monoisotopic (exact) mass is 268 g/mol. The molecule has 0 amide bonds. The lowest BCUT2D eigenvalue weighted by atomic mass is 10.1. The molecule has 0 saturated carbocycles. The molecule has 18 heavy (non-hydrogen) atoms. The molecule has 96 valence electrons. The summed E-state index contributed by atoms with van der Waals surface area (Å²) in [5, 5.41) is 0.597. The van der Waals surface area contributed by atoms with Gasteiger partial charge < -0.3 is 9.47 Å². The summed E-state index contributed by atoms with van der Waals surface area (Å²) in [6.07, 6.45) is 1.44. The summed E-state index contributed by atoms with van der Waals surface area (Å²) in [4.78, 5) is 22.7. The van der Waals surface area contributed by atoms with Crippen molar-refractivity contribution < 1.29 is 19.1 Å². The van der Waals surface area contributed by atoms with E-state index in [9.17, 15) is 9.59 Å². The SMILES string of the molecule is COC(=O)C/C(=C/c1ccc(Cl)cc1)C(=O)OC. The van der Waals surface area contributed by atoms with Crippen LogP contribution in [0.15, 0.2) is 29.8 Å². The second-order valence-corrected chi connectivity index (χ2v) is 3.90. The Hall–Kier alpha value is -1.81. The number of carbonyl (C=O) groups excluding carboxylic acids is 2. The molecule has 1 aromatic carbocycles. The van der Waals surface area contributed by atoms with E-state index >= 15 is 0 Å². The van der Waals surface area contributed by atoms with Crippen molar-refractivity contribution in [3.8, 4) is 0 Å². The van der Waals surface area contributed by atoms with Crippen molar-refractivity contribution in [2.24, 2.45) is 0 Å². The van der Waals surface area contributed by atoms with Crippen LogP contribution in [0, 0.1) is 0 Å². The first-order valence-corrected chi connectivity index (χ1v) is 5.56. The number of rotatable bonds is 4. The van der Waals surface area contributed by atoms with E-state index in [1.807, 2.05) is 0 Å². The zero-order valence-corrected chi connectivity index (χ0v) is 10.9. The van der Waals surface area contributed by atoms with Crippen LogP contribution in [0.1, 0.15) is 12.0 Å². The van der Waals surface area contributed by atoms with Gasteiger partial charge in [0.1, 0.15) is 0 Å². The molecule has 1 rings (SSSR count). The smallest absolute Gasteiger partial charge is 0.334 e. The standard InChI is InChI=1S/C13H13ClO4/c1-17-12(15)8-10(13(16)18-2)7-9-3-5-11(14)6-4-9/h3-7H,8H2,1-2H3/b10-7-. The van der Waals surface area contributed by atoms with Gasteiger partial charge in [0.25, 0.3) is 0 Å². The van der Waals surface area contributed by atoms with Crippen molar-refractivity contribution in [2.75, 3.05) is 14.2 Å². The second kappa shape index (κ2) is 6.81. The van der Waals surface area contributed by atoms with E-state index in [-0.39, 0.29) is 12.0 Å². The van der Waals surface area contributed by atoms with Gasteiger partial charge in [-0.3, -0.25) is 4.79 Å². The Kier molecular flexibility index (Phi) is 5.39. The number of hydrogen-bond donors (Lipinski definition) is 0. The Balaban J connectivity index is 2.98. The molecule has 4 nitrogen and oxygen atoms in total. The van der Waals surface area contributed by atoms with Crippen molar-refractivity contribution >= 4 is 29.6 Å². The zero-order valence-electron chi connectivity index (χ0n) is 10.1. The molecule has 0 heterocycles. The number of ether oxygens (including phenoxy) is 2. The summed E-state index contributed by atoms with van der Waals surface area (Å²) in [6.45, 7) is 0. The minimum Gasteiger partial charge on any atom is -0.469 e. The Bertz CT molecular complexity index is 462. The largest absolute Gasteiger partial charge is 0.469 e. The van der Waals surface area contributed by atoms with Crippen LogP contribution in [-0.2, 0) is 19.1 Å². The molecule has 5 heteroatoms. The van der Waals surface area contributed by atoms with Gasteiger partial charge in [0.15, 0.2) is 0 Å². The maximum atomic E-state index is 11.5. The molecular weight excluding hydrogens is 256 g/mol. The molecule has 0 saturated heterocycles. The fraction of sp³-hybridized carbons (Fsp3) is 0.231. The molecular formula is C13H13ClO4. The highest BCUT2D eigenvalue weighted by atomic mass is 35.5. The summed E-state index contributed by atoms with van der Waals surface area (Å²) in [7, 11) is 2.52. The normalized spacial score (nSPS) is 10.9. The van der Waals surface area contributed by atoms with E-state index in [2.05, 4.69) is 9.47 Å².